The lowest BCUT2D eigenvalue weighted by molar-refractivity contribution is -0.205. The molecule has 2 fully saturated rings. The maximum atomic E-state index is 5.90. The molecule has 98 valence electrons. The lowest BCUT2D eigenvalue weighted by Crippen LogP contribution is -2.43. The van der Waals surface area contributed by atoms with Crippen LogP contribution in [-0.2, 0) is 25.6 Å². The van der Waals surface area contributed by atoms with Crippen LogP contribution in [0.5, 0.6) is 0 Å². The summed E-state index contributed by atoms with van der Waals surface area (Å²) in [5.74, 6) is 0. The fourth-order valence-electron chi connectivity index (χ4n) is 2.49. The van der Waals surface area contributed by atoms with E-state index in [1.165, 1.54) is 0 Å². The van der Waals surface area contributed by atoms with Crippen molar-refractivity contribution in [3.63, 3.8) is 0 Å². The molecule has 0 radical (unpaired) electrons. The molecule has 4 heteroatoms. The summed E-state index contributed by atoms with van der Waals surface area (Å²) in [6.45, 7) is 1.18. The Morgan fingerprint density at radius 1 is 1.22 bits per heavy atom. The molecule has 0 aromatic heterocycles. The summed E-state index contributed by atoms with van der Waals surface area (Å²) in [4.78, 5) is 0. The first-order chi connectivity index (χ1) is 8.86. The number of rotatable bonds is 4. The Labute approximate surface area is 107 Å². The maximum Gasteiger partial charge on any atom is 0.184 e. The van der Waals surface area contributed by atoms with Crippen LogP contribution in [0.25, 0.3) is 0 Å². The van der Waals surface area contributed by atoms with E-state index in [1.807, 2.05) is 18.2 Å². The Kier molecular flexibility index (Phi) is 3.61. The van der Waals surface area contributed by atoms with Gasteiger partial charge in [-0.3, -0.25) is 0 Å². The minimum atomic E-state index is -0.231. The van der Waals surface area contributed by atoms with Gasteiger partial charge in [0.15, 0.2) is 6.29 Å². The van der Waals surface area contributed by atoms with Crippen LogP contribution in [0.3, 0.4) is 0 Å². The maximum absolute atomic E-state index is 5.90. The Balaban J connectivity index is 1.59. The number of methoxy groups -OCH3 is 1. The molecule has 2 saturated heterocycles. The molecule has 2 aliphatic heterocycles. The van der Waals surface area contributed by atoms with E-state index in [0.717, 1.165) is 12.0 Å². The average Bonchev–Trinajstić information content (AvgIpc) is 2.84. The molecule has 0 aliphatic carbocycles. The minimum Gasteiger partial charge on any atom is -0.379 e. The van der Waals surface area contributed by atoms with Gasteiger partial charge < -0.3 is 18.9 Å². The van der Waals surface area contributed by atoms with E-state index < -0.39 is 0 Å². The summed E-state index contributed by atoms with van der Waals surface area (Å²) >= 11 is 0. The lowest BCUT2D eigenvalue weighted by atomic mass is 10.0. The van der Waals surface area contributed by atoms with Gasteiger partial charge in [-0.25, -0.2) is 0 Å². The number of hydrogen-bond acceptors (Lipinski definition) is 4. The molecule has 4 atom stereocenters. The van der Waals surface area contributed by atoms with Gasteiger partial charge in [0.1, 0.15) is 12.2 Å². The summed E-state index contributed by atoms with van der Waals surface area (Å²) in [6, 6.07) is 10.1. The monoisotopic (exact) mass is 250 g/mol. The third kappa shape index (κ3) is 2.42. The largest absolute Gasteiger partial charge is 0.379 e. The third-order valence-electron chi connectivity index (χ3n) is 3.53. The first-order valence-corrected chi connectivity index (χ1v) is 6.32. The van der Waals surface area contributed by atoms with Gasteiger partial charge in [-0.1, -0.05) is 30.3 Å². The second-order valence-corrected chi connectivity index (χ2v) is 4.72. The highest BCUT2D eigenvalue weighted by Gasteiger charge is 2.44. The molecule has 0 amide bonds. The zero-order valence-corrected chi connectivity index (χ0v) is 10.5. The molecule has 4 nitrogen and oxygen atoms in total. The van der Waals surface area contributed by atoms with Crippen molar-refractivity contribution in [2.75, 3.05) is 13.7 Å². The summed E-state index contributed by atoms with van der Waals surface area (Å²) in [5, 5.41) is 0. The van der Waals surface area contributed by atoms with Gasteiger partial charge in [0, 0.05) is 13.5 Å². The summed E-state index contributed by atoms with van der Waals surface area (Å²) in [6.07, 6.45) is 0.693. The predicted molar refractivity (Wildman–Crippen MR) is 65.0 cm³/mol. The molecule has 1 aromatic carbocycles. The SMILES string of the molecule is CO[C@@H]1C[C@H](OCc2ccccc2)C2OC[C@@H]1O2. The highest BCUT2D eigenvalue weighted by atomic mass is 16.7. The number of fused-ring (bicyclic) bond motifs is 2. The first kappa shape index (κ1) is 12.1. The van der Waals surface area contributed by atoms with Crippen molar-refractivity contribution in [2.45, 2.75) is 37.6 Å². The minimum absolute atomic E-state index is 0.0473. The van der Waals surface area contributed by atoms with Crippen molar-refractivity contribution >= 4 is 0 Å². The molecule has 0 spiro atoms. The van der Waals surface area contributed by atoms with Crippen LogP contribution < -0.4 is 0 Å². The second-order valence-electron chi connectivity index (χ2n) is 4.72. The molecule has 2 heterocycles. The van der Waals surface area contributed by atoms with E-state index in [9.17, 15) is 0 Å². The van der Waals surface area contributed by atoms with Gasteiger partial charge in [-0.15, -0.1) is 0 Å². The first-order valence-electron chi connectivity index (χ1n) is 6.32. The van der Waals surface area contributed by atoms with Crippen LogP contribution in [-0.4, -0.2) is 38.3 Å². The zero-order chi connectivity index (χ0) is 12.4. The average molecular weight is 250 g/mol. The van der Waals surface area contributed by atoms with Gasteiger partial charge in [0.05, 0.1) is 19.3 Å². The van der Waals surface area contributed by atoms with E-state index in [1.54, 1.807) is 7.11 Å². The summed E-state index contributed by atoms with van der Waals surface area (Å²) < 4.78 is 22.6. The molecule has 18 heavy (non-hydrogen) atoms. The van der Waals surface area contributed by atoms with E-state index in [2.05, 4.69) is 12.1 Å². The van der Waals surface area contributed by atoms with Crippen LogP contribution in [0.15, 0.2) is 30.3 Å². The lowest BCUT2D eigenvalue weighted by Gasteiger charge is -2.32. The Morgan fingerprint density at radius 3 is 2.83 bits per heavy atom. The molecule has 1 aromatic rings. The van der Waals surface area contributed by atoms with Crippen LogP contribution in [0.1, 0.15) is 12.0 Å². The van der Waals surface area contributed by atoms with Gasteiger partial charge in [0.25, 0.3) is 0 Å². The summed E-state index contributed by atoms with van der Waals surface area (Å²) in [7, 11) is 1.71. The van der Waals surface area contributed by atoms with E-state index in [0.29, 0.717) is 13.2 Å². The quantitative estimate of drug-likeness (QED) is 0.815. The Morgan fingerprint density at radius 2 is 2.06 bits per heavy atom. The molecule has 2 aliphatic rings. The van der Waals surface area contributed by atoms with Crippen LogP contribution in [0.2, 0.25) is 0 Å². The standard InChI is InChI=1S/C14H18O4/c1-15-11-7-12(14-17-9-13(11)18-14)16-8-10-5-3-2-4-6-10/h2-6,11-14H,7-9H2,1H3/t11-,12+,13+,14?/m1/s1. The van der Waals surface area contributed by atoms with Gasteiger partial charge in [-0.2, -0.15) is 0 Å². The van der Waals surface area contributed by atoms with Crippen molar-refractivity contribution in [1.29, 1.82) is 0 Å². The van der Waals surface area contributed by atoms with Crippen molar-refractivity contribution in [3.8, 4) is 0 Å². The number of ether oxygens (including phenoxy) is 4. The van der Waals surface area contributed by atoms with Crippen molar-refractivity contribution in [3.05, 3.63) is 35.9 Å². The molecule has 2 bridgehead atoms. The zero-order valence-electron chi connectivity index (χ0n) is 10.5. The van der Waals surface area contributed by atoms with Gasteiger partial charge in [0.2, 0.25) is 0 Å². The Bertz CT molecular complexity index is 381. The normalized spacial score (nSPS) is 34.7. The molecular formula is C14H18O4. The molecule has 0 N–H and O–H groups in total. The number of benzene rings is 1. The van der Waals surface area contributed by atoms with E-state index >= 15 is 0 Å². The molecular weight excluding hydrogens is 232 g/mol. The summed E-state index contributed by atoms with van der Waals surface area (Å²) in [5.41, 5.74) is 1.16. The van der Waals surface area contributed by atoms with Crippen LogP contribution >= 0.6 is 0 Å². The van der Waals surface area contributed by atoms with Crippen LogP contribution in [0, 0.1) is 0 Å². The van der Waals surface area contributed by atoms with E-state index in [-0.39, 0.29) is 24.6 Å². The number of hydrogen-bond donors (Lipinski definition) is 0. The molecule has 1 unspecified atom stereocenters. The highest BCUT2D eigenvalue weighted by molar-refractivity contribution is 5.13. The fraction of sp³-hybridized carbons (Fsp3) is 0.571. The van der Waals surface area contributed by atoms with E-state index in [4.69, 9.17) is 18.9 Å². The molecule has 0 saturated carbocycles. The van der Waals surface area contributed by atoms with Crippen LogP contribution in [0.4, 0.5) is 0 Å². The van der Waals surface area contributed by atoms with Gasteiger partial charge in [-0.05, 0) is 5.56 Å². The predicted octanol–water partition coefficient (Wildman–Crippen LogP) is 1.73. The Hall–Kier alpha value is -0.940. The fourth-order valence-corrected chi connectivity index (χ4v) is 2.49. The topological polar surface area (TPSA) is 36.9 Å². The smallest absolute Gasteiger partial charge is 0.184 e. The third-order valence-corrected chi connectivity index (χ3v) is 3.53. The highest BCUT2D eigenvalue weighted by Crippen LogP contribution is 2.31. The second kappa shape index (κ2) is 5.36. The van der Waals surface area contributed by atoms with Crippen molar-refractivity contribution < 1.29 is 18.9 Å². The molecule has 3 rings (SSSR count). The van der Waals surface area contributed by atoms with Gasteiger partial charge >= 0.3 is 0 Å². The van der Waals surface area contributed by atoms with Crippen molar-refractivity contribution in [2.24, 2.45) is 0 Å². The van der Waals surface area contributed by atoms with Crippen molar-refractivity contribution in [1.82, 2.24) is 0 Å².